The summed E-state index contributed by atoms with van der Waals surface area (Å²) in [6.45, 7) is 1.29. The van der Waals surface area contributed by atoms with Gasteiger partial charge in [-0.25, -0.2) is 0 Å². The Hall–Kier alpha value is -0.310. The second kappa shape index (κ2) is 5.55. The molecule has 0 radical (unpaired) electrons. The molecule has 17 heavy (non-hydrogen) atoms. The van der Waals surface area contributed by atoms with Gasteiger partial charge >= 0.3 is 6.36 Å². The zero-order chi connectivity index (χ0) is 13.2. The normalized spacial score (nSPS) is 13.3. The fourth-order valence-electron chi connectivity index (χ4n) is 1.17. The van der Waals surface area contributed by atoms with Crippen LogP contribution in [0, 0.1) is 3.57 Å². The topological polar surface area (TPSA) is 26.3 Å². The van der Waals surface area contributed by atoms with Crippen LogP contribution in [0.15, 0.2) is 18.2 Å². The molecule has 0 heterocycles. The molecule has 7 heteroatoms. The Labute approximate surface area is 118 Å². The van der Waals surface area contributed by atoms with Gasteiger partial charge in [-0.05, 0) is 35.6 Å². The molecule has 1 rings (SSSR count). The zero-order valence-corrected chi connectivity index (χ0v) is 12.3. The van der Waals surface area contributed by atoms with E-state index >= 15 is 0 Å². The van der Waals surface area contributed by atoms with Crippen LogP contribution in [0.2, 0.25) is 0 Å². The monoisotopic (exact) mass is 422 g/mol. The van der Waals surface area contributed by atoms with Crippen LogP contribution in [0.5, 0.6) is 5.75 Å². The van der Waals surface area contributed by atoms with Crippen LogP contribution < -0.4 is 4.74 Å². The Bertz CT molecular complexity index is 434. The number of hydrogen-bond donors (Lipinski definition) is 0. The van der Waals surface area contributed by atoms with E-state index in [4.69, 9.17) is 0 Å². The van der Waals surface area contributed by atoms with E-state index in [9.17, 15) is 18.0 Å². The number of carbonyl (C=O) groups is 1. The molecule has 0 saturated heterocycles. The molecule has 0 fully saturated rings. The molecule has 2 nitrogen and oxygen atoms in total. The summed E-state index contributed by atoms with van der Waals surface area (Å²) in [5.41, 5.74) is 0.168. The Morgan fingerprint density at radius 1 is 1.47 bits per heavy atom. The summed E-state index contributed by atoms with van der Waals surface area (Å²) in [6, 6.07) is 4.46. The number of carbonyl (C=O) groups excluding carboxylic acids is 1. The van der Waals surface area contributed by atoms with E-state index < -0.39 is 11.2 Å². The average Bonchev–Trinajstić information content (AvgIpc) is 2.18. The predicted molar refractivity (Wildman–Crippen MR) is 68.2 cm³/mol. The summed E-state index contributed by atoms with van der Waals surface area (Å²) in [4.78, 5) is 10.4. The second-order valence-electron chi connectivity index (χ2n) is 3.18. The van der Waals surface area contributed by atoms with Crippen molar-refractivity contribution in [1.82, 2.24) is 0 Å². The summed E-state index contributed by atoms with van der Waals surface area (Å²) in [5, 5.41) is 0. The van der Waals surface area contributed by atoms with Gasteiger partial charge in [-0.1, -0.05) is 28.1 Å². The minimum absolute atomic E-state index is 0.168. The van der Waals surface area contributed by atoms with E-state index in [0.717, 1.165) is 0 Å². The number of hydrogen-bond acceptors (Lipinski definition) is 2. The number of alkyl halides is 4. The maximum Gasteiger partial charge on any atom is 0.573 e. The SMILES string of the molecule is CC(=O)C(Br)c1cccc(I)c1OC(F)(F)F. The number of ketones is 1. The van der Waals surface area contributed by atoms with Gasteiger partial charge in [-0.2, -0.15) is 0 Å². The minimum Gasteiger partial charge on any atom is -0.404 e. The van der Waals surface area contributed by atoms with Crippen molar-refractivity contribution in [3.63, 3.8) is 0 Å². The van der Waals surface area contributed by atoms with E-state index in [-0.39, 0.29) is 17.1 Å². The third-order valence-corrected chi connectivity index (χ3v) is 3.83. The first-order chi connectivity index (χ1) is 7.72. The van der Waals surface area contributed by atoms with Gasteiger partial charge < -0.3 is 4.74 Å². The number of benzene rings is 1. The lowest BCUT2D eigenvalue weighted by molar-refractivity contribution is -0.275. The molecule has 1 aromatic carbocycles. The summed E-state index contributed by atoms with van der Waals surface area (Å²) in [5.74, 6) is -0.628. The van der Waals surface area contributed by atoms with Gasteiger partial charge in [0.05, 0.1) is 3.57 Å². The zero-order valence-electron chi connectivity index (χ0n) is 8.52. The lowest BCUT2D eigenvalue weighted by Crippen LogP contribution is -2.19. The van der Waals surface area contributed by atoms with Gasteiger partial charge in [0, 0.05) is 5.56 Å². The Morgan fingerprint density at radius 2 is 2.06 bits per heavy atom. The maximum absolute atomic E-state index is 12.2. The van der Waals surface area contributed by atoms with Gasteiger partial charge in [0.25, 0.3) is 0 Å². The molecule has 0 aliphatic rings. The number of ether oxygens (including phenoxy) is 1. The highest BCUT2D eigenvalue weighted by Gasteiger charge is 2.34. The van der Waals surface area contributed by atoms with Gasteiger partial charge in [-0.15, -0.1) is 13.2 Å². The first-order valence-electron chi connectivity index (χ1n) is 4.41. The molecule has 94 valence electrons. The average molecular weight is 423 g/mol. The number of halogens is 5. The quantitative estimate of drug-likeness (QED) is 0.538. The molecule has 0 aliphatic carbocycles. The van der Waals surface area contributed by atoms with E-state index in [1.165, 1.54) is 19.1 Å². The Morgan fingerprint density at radius 3 is 2.53 bits per heavy atom. The molecule has 1 unspecified atom stereocenters. The lowest BCUT2D eigenvalue weighted by atomic mass is 10.1. The second-order valence-corrected chi connectivity index (χ2v) is 5.26. The molecule has 0 spiro atoms. The fourth-order valence-corrected chi connectivity index (χ4v) is 2.16. The highest BCUT2D eigenvalue weighted by atomic mass is 127. The molecule has 1 aromatic rings. The van der Waals surface area contributed by atoms with Crippen LogP contribution in [-0.2, 0) is 4.79 Å². The van der Waals surface area contributed by atoms with Crippen molar-refractivity contribution in [3.05, 3.63) is 27.3 Å². The van der Waals surface area contributed by atoms with Crippen LogP contribution in [0.4, 0.5) is 13.2 Å². The van der Waals surface area contributed by atoms with Crippen LogP contribution in [0.3, 0.4) is 0 Å². The molecule has 0 aromatic heterocycles. The van der Waals surface area contributed by atoms with E-state index in [1.54, 1.807) is 28.7 Å². The van der Waals surface area contributed by atoms with E-state index in [2.05, 4.69) is 20.7 Å². The maximum atomic E-state index is 12.2. The van der Waals surface area contributed by atoms with Gasteiger partial charge in [0.15, 0.2) is 0 Å². The minimum atomic E-state index is -4.78. The fraction of sp³-hybridized carbons (Fsp3) is 0.300. The van der Waals surface area contributed by atoms with Crippen molar-refractivity contribution >= 4 is 44.3 Å². The largest absolute Gasteiger partial charge is 0.573 e. The van der Waals surface area contributed by atoms with E-state index in [0.29, 0.717) is 3.57 Å². The van der Waals surface area contributed by atoms with Crippen LogP contribution in [0.25, 0.3) is 0 Å². The molecular formula is C10H7BrF3IO2. The molecule has 1 atom stereocenters. The van der Waals surface area contributed by atoms with Gasteiger partial charge in [0.1, 0.15) is 16.4 Å². The molecular weight excluding hydrogens is 416 g/mol. The van der Waals surface area contributed by atoms with Crippen LogP contribution in [0.1, 0.15) is 17.3 Å². The van der Waals surface area contributed by atoms with Crippen molar-refractivity contribution in [2.24, 2.45) is 0 Å². The first-order valence-corrected chi connectivity index (χ1v) is 6.40. The summed E-state index contributed by atoms with van der Waals surface area (Å²) < 4.78 is 41.0. The van der Waals surface area contributed by atoms with Crippen LogP contribution in [-0.4, -0.2) is 12.1 Å². The molecule has 0 aliphatic heterocycles. The number of rotatable bonds is 3. The van der Waals surface area contributed by atoms with Crippen molar-refractivity contribution < 1.29 is 22.7 Å². The Balaban J connectivity index is 3.22. The highest BCUT2D eigenvalue weighted by Crippen LogP contribution is 2.37. The van der Waals surface area contributed by atoms with E-state index in [1.807, 2.05) is 0 Å². The van der Waals surface area contributed by atoms with Gasteiger partial charge in [-0.3, -0.25) is 4.79 Å². The Kier molecular flexibility index (Phi) is 4.82. The third-order valence-electron chi connectivity index (χ3n) is 1.85. The highest BCUT2D eigenvalue weighted by molar-refractivity contribution is 14.1. The van der Waals surface area contributed by atoms with Crippen molar-refractivity contribution in [2.75, 3.05) is 0 Å². The number of para-hydroxylation sites is 1. The van der Waals surface area contributed by atoms with Crippen molar-refractivity contribution in [3.8, 4) is 5.75 Å². The molecule has 0 N–H and O–H groups in total. The van der Waals surface area contributed by atoms with Crippen molar-refractivity contribution in [2.45, 2.75) is 18.1 Å². The summed E-state index contributed by atoms with van der Waals surface area (Å²) >= 11 is 4.77. The lowest BCUT2D eigenvalue weighted by Gasteiger charge is -2.16. The standard InChI is InChI=1S/C10H7BrF3IO2/c1-5(16)8(11)6-3-2-4-7(15)9(6)17-10(12,13)14/h2-4,8H,1H3. The van der Waals surface area contributed by atoms with Crippen molar-refractivity contribution in [1.29, 1.82) is 0 Å². The van der Waals surface area contributed by atoms with Crippen LogP contribution >= 0.6 is 38.5 Å². The molecule has 0 saturated carbocycles. The summed E-state index contributed by atoms with van der Waals surface area (Å²) in [7, 11) is 0. The number of Topliss-reactive ketones (excluding diaryl/α,β-unsaturated/α-hetero) is 1. The third kappa shape index (κ3) is 4.13. The first kappa shape index (κ1) is 14.7. The van der Waals surface area contributed by atoms with Gasteiger partial charge in [0.2, 0.25) is 0 Å². The molecule has 0 bridgehead atoms. The predicted octanol–water partition coefficient (Wildman–Crippen LogP) is 4.21. The summed E-state index contributed by atoms with van der Waals surface area (Å²) in [6.07, 6.45) is -4.78. The smallest absolute Gasteiger partial charge is 0.404 e. The molecule has 0 amide bonds.